The Hall–Kier alpha value is -2.66. The normalized spacial score (nSPS) is 11.8. The molecule has 1 aromatic heterocycles. The zero-order valence-corrected chi connectivity index (χ0v) is 14.5. The molecule has 0 amide bonds. The Morgan fingerprint density at radius 2 is 1.96 bits per heavy atom. The van der Waals surface area contributed by atoms with Gasteiger partial charge in [-0.05, 0) is 35.0 Å². The first-order valence-electron chi connectivity index (χ1n) is 7.50. The molecule has 4 aromatic rings. The van der Waals surface area contributed by atoms with Crippen LogP contribution in [0, 0.1) is 0 Å². The molecule has 0 atom stereocenters. The lowest BCUT2D eigenvalue weighted by Crippen LogP contribution is -1.89. The third-order valence-electron chi connectivity index (χ3n) is 4.08. The Morgan fingerprint density at radius 3 is 2.83 bits per heavy atom. The third kappa shape index (κ3) is 2.47. The molecule has 0 unspecified atom stereocenters. The molecule has 4 rings (SSSR count). The van der Waals surface area contributed by atoms with Crippen molar-refractivity contribution in [2.75, 3.05) is 0 Å². The van der Waals surface area contributed by atoms with Gasteiger partial charge in [0.1, 0.15) is 5.75 Å². The van der Waals surface area contributed by atoms with Crippen molar-refractivity contribution in [3.8, 4) is 5.75 Å². The minimum absolute atomic E-state index is 0.207. The van der Waals surface area contributed by atoms with Gasteiger partial charge in [0, 0.05) is 23.3 Å². The number of aromatic nitrogens is 2. The van der Waals surface area contributed by atoms with Crippen LogP contribution in [-0.2, 0) is 7.05 Å². The molecule has 0 aliphatic carbocycles. The minimum Gasteiger partial charge on any atom is -0.507 e. The zero-order valence-electron chi connectivity index (χ0n) is 12.9. The van der Waals surface area contributed by atoms with Crippen LogP contribution in [0.2, 0.25) is 0 Å². The summed E-state index contributed by atoms with van der Waals surface area (Å²) in [6, 6.07) is 17.4. The molecule has 0 saturated carbocycles. The molecule has 5 heteroatoms. The number of phenolic OH excluding ortho intramolecular Hbond substituents is 1. The first kappa shape index (κ1) is 14.9. The zero-order chi connectivity index (χ0) is 16.7. The molecule has 1 heterocycles. The van der Waals surface area contributed by atoms with E-state index in [-0.39, 0.29) is 5.75 Å². The quantitative estimate of drug-likeness (QED) is 0.501. The highest BCUT2D eigenvalue weighted by Crippen LogP contribution is 2.27. The van der Waals surface area contributed by atoms with E-state index in [1.165, 1.54) is 0 Å². The van der Waals surface area contributed by atoms with Crippen LogP contribution in [0.3, 0.4) is 0 Å². The van der Waals surface area contributed by atoms with Crippen molar-refractivity contribution < 1.29 is 5.11 Å². The summed E-state index contributed by atoms with van der Waals surface area (Å²) in [7, 11) is 1.93. The van der Waals surface area contributed by atoms with E-state index in [0.29, 0.717) is 11.5 Å². The van der Waals surface area contributed by atoms with Crippen molar-refractivity contribution in [3.63, 3.8) is 0 Å². The van der Waals surface area contributed by atoms with Crippen LogP contribution in [0.1, 0.15) is 5.56 Å². The fourth-order valence-corrected chi connectivity index (χ4v) is 3.16. The Balaban J connectivity index is 1.84. The van der Waals surface area contributed by atoms with Gasteiger partial charge in [0.05, 0.1) is 11.0 Å². The topological polar surface area (TPSA) is 50.4 Å². The highest BCUT2D eigenvalue weighted by Gasteiger charge is 2.08. The average Bonchev–Trinajstić information content (AvgIpc) is 2.90. The fraction of sp³-hybridized carbons (Fsp3) is 0.0526. The van der Waals surface area contributed by atoms with E-state index in [4.69, 9.17) is 0 Å². The molecule has 0 aliphatic heterocycles. The third-order valence-corrected chi connectivity index (χ3v) is 4.57. The van der Waals surface area contributed by atoms with E-state index >= 15 is 0 Å². The van der Waals surface area contributed by atoms with Gasteiger partial charge in [-0.3, -0.25) is 0 Å². The monoisotopic (exact) mass is 379 g/mol. The molecule has 4 nitrogen and oxygen atoms in total. The van der Waals surface area contributed by atoms with Gasteiger partial charge in [0.15, 0.2) is 0 Å². The van der Waals surface area contributed by atoms with Crippen LogP contribution in [0.4, 0.5) is 5.95 Å². The number of nitrogens with zero attached hydrogens (tertiary/aromatic N) is 3. The number of fused-ring (bicyclic) bond motifs is 2. The predicted molar refractivity (Wildman–Crippen MR) is 101 cm³/mol. The summed E-state index contributed by atoms with van der Waals surface area (Å²) in [5, 5.41) is 12.2. The molecule has 0 bridgehead atoms. The highest BCUT2D eigenvalue weighted by molar-refractivity contribution is 9.10. The summed E-state index contributed by atoms with van der Waals surface area (Å²) >= 11 is 3.48. The van der Waals surface area contributed by atoms with Crippen LogP contribution in [0.25, 0.3) is 21.8 Å². The van der Waals surface area contributed by atoms with E-state index in [0.717, 1.165) is 26.3 Å². The lowest BCUT2D eigenvalue weighted by Gasteiger charge is -2.04. The second-order valence-corrected chi connectivity index (χ2v) is 6.50. The Labute approximate surface area is 147 Å². The number of aromatic hydroxyl groups is 1. The highest BCUT2D eigenvalue weighted by atomic mass is 79.9. The molecule has 0 saturated heterocycles. The summed E-state index contributed by atoms with van der Waals surface area (Å²) in [6.45, 7) is 0. The lowest BCUT2D eigenvalue weighted by molar-refractivity contribution is 0.475. The average molecular weight is 380 g/mol. The van der Waals surface area contributed by atoms with Crippen molar-refractivity contribution in [1.29, 1.82) is 0 Å². The van der Waals surface area contributed by atoms with Crippen molar-refractivity contribution in [2.24, 2.45) is 12.0 Å². The number of hydrogen-bond donors (Lipinski definition) is 1. The SMILES string of the molecule is Cn1c(/N=C/c2c(O)ccc3ccccc23)nc2ccc(Br)cc21. The first-order valence-corrected chi connectivity index (χ1v) is 8.29. The molecular weight excluding hydrogens is 366 g/mol. The Kier molecular flexibility index (Phi) is 3.58. The van der Waals surface area contributed by atoms with Gasteiger partial charge in [0.25, 0.3) is 0 Å². The van der Waals surface area contributed by atoms with Gasteiger partial charge in [-0.15, -0.1) is 0 Å². The standard InChI is InChI=1S/C19H14BrN3O/c1-23-17-10-13(20)7-8-16(17)22-19(23)21-11-15-14-5-3-2-4-12(14)6-9-18(15)24/h2-11,24H,1H3/b21-11+. The van der Waals surface area contributed by atoms with Gasteiger partial charge in [0.2, 0.25) is 5.95 Å². The van der Waals surface area contributed by atoms with E-state index in [9.17, 15) is 5.11 Å². The molecule has 0 fully saturated rings. The number of benzene rings is 3. The molecule has 0 radical (unpaired) electrons. The maximum atomic E-state index is 10.2. The van der Waals surface area contributed by atoms with Gasteiger partial charge in [-0.2, -0.15) is 0 Å². The molecule has 1 N–H and O–H groups in total. The largest absolute Gasteiger partial charge is 0.507 e. The second-order valence-electron chi connectivity index (χ2n) is 5.58. The van der Waals surface area contributed by atoms with E-state index in [2.05, 4.69) is 25.9 Å². The van der Waals surface area contributed by atoms with Crippen LogP contribution in [0.5, 0.6) is 5.75 Å². The molecule has 0 spiro atoms. The number of rotatable bonds is 2. The number of aryl methyl sites for hydroxylation is 1. The molecule has 24 heavy (non-hydrogen) atoms. The molecular formula is C19H14BrN3O. The number of phenols is 1. The van der Waals surface area contributed by atoms with Gasteiger partial charge >= 0.3 is 0 Å². The van der Waals surface area contributed by atoms with E-state index in [1.807, 2.05) is 60.1 Å². The summed E-state index contributed by atoms with van der Waals surface area (Å²) in [6.07, 6.45) is 1.67. The maximum absolute atomic E-state index is 10.2. The maximum Gasteiger partial charge on any atom is 0.230 e. The first-order chi connectivity index (χ1) is 11.6. The van der Waals surface area contributed by atoms with Crippen LogP contribution in [-0.4, -0.2) is 20.9 Å². The number of aliphatic imine (C=N–C) groups is 1. The summed E-state index contributed by atoms with van der Waals surface area (Å²) < 4.78 is 2.93. The number of imidazole rings is 1. The van der Waals surface area contributed by atoms with Gasteiger partial charge in [-0.25, -0.2) is 9.98 Å². The van der Waals surface area contributed by atoms with Gasteiger partial charge in [-0.1, -0.05) is 46.3 Å². The Bertz CT molecular complexity index is 1100. The van der Waals surface area contributed by atoms with Crippen LogP contribution in [0.15, 0.2) is 64.1 Å². The molecule has 118 valence electrons. The van der Waals surface area contributed by atoms with Crippen molar-refractivity contribution >= 4 is 49.9 Å². The summed E-state index contributed by atoms with van der Waals surface area (Å²) in [4.78, 5) is 9.05. The predicted octanol–water partition coefficient (Wildman–Crippen LogP) is 4.95. The van der Waals surface area contributed by atoms with Crippen molar-refractivity contribution in [2.45, 2.75) is 0 Å². The van der Waals surface area contributed by atoms with Gasteiger partial charge < -0.3 is 9.67 Å². The van der Waals surface area contributed by atoms with Crippen molar-refractivity contribution in [3.05, 3.63) is 64.6 Å². The smallest absolute Gasteiger partial charge is 0.230 e. The summed E-state index contributed by atoms with van der Waals surface area (Å²) in [5.74, 6) is 0.800. The van der Waals surface area contributed by atoms with Crippen LogP contribution < -0.4 is 0 Å². The summed E-state index contributed by atoms with van der Waals surface area (Å²) in [5.41, 5.74) is 2.58. The Morgan fingerprint density at radius 1 is 1.12 bits per heavy atom. The van der Waals surface area contributed by atoms with Crippen LogP contribution >= 0.6 is 15.9 Å². The molecule has 3 aromatic carbocycles. The second kappa shape index (κ2) is 5.76. The minimum atomic E-state index is 0.207. The van der Waals surface area contributed by atoms with E-state index in [1.54, 1.807) is 12.3 Å². The van der Waals surface area contributed by atoms with Crippen molar-refractivity contribution in [1.82, 2.24) is 9.55 Å². The molecule has 0 aliphatic rings. The van der Waals surface area contributed by atoms with E-state index < -0.39 is 0 Å². The lowest BCUT2D eigenvalue weighted by atomic mass is 10.0. The fourth-order valence-electron chi connectivity index (χ4n) is 2.81. The number of halogens is 1. The number of hydrogen-bond acceptors (Lipinski definition) is 3.